The molecule has 0 atom stereocenters. The number of pyridine rings is 1. The monoisotopic (exact) mass is 391 g/mol. The van der Waals surface area contributed by atoms with Gasteiger partial charge in [0, 0.05) is 37.3 Å². The quantitative estimate of drug-likeness (QED) is 0.654. The lowest BCUT2D eigenvalue weighted by molar-refractivity contribution is 0.409. The number of aromatic nitrogens is 1. The zero-order valence-corrected chi connectivity index (χ0v) is 18.0. The van der Waals surface area contributed by atoms with Gasteiger partial charge >= 0.3 is 0 Å². The molecule has 0 saturated carbocycles. The highest BCUT2D eigenvalue weighted by atomic mass is 16.5. The Morgan fingerprint density at radius 1 is 0.759 bits per heavy atom. The molecule has 1 aliphatic heterocycles. The average molecular weight is 392 g/mol. The molecule has 0 aliphatic carbocycles. The maximum absolute atomic E-state index is 5.58. The second-order valence-electron chi connectivity index (χ2n) is 7.76. The molecule has 1 saturated heterocycles. The van der Waals surface area contributed by atoms with Crippen LogP contribution in [0.4, 0.5) is 11.5 Å². The van der Waals surface area contributed by atoms with Crippen molar-refractivity contribution in [2.75, 3.05) is 50.2 Å². The van der Waals surface area contributed by atoms with Crippen molar-refractivity contribution in [3.63, 3.8) is 0 Å². The van der Waals surface area contributed by atoms with E-state index in [0.29, 0.717) is 0 Å². The Balaban J connectivity index is 1.62. The Labute approximate surface area is 172 Å². The molecule has 0 amide bonds. The Morgan fingerprint density at radius 2 is 1.41 bits per heavy atom. The summed E-state index contributed by atoms with van der Waals surface area (Å²) in [6, 6.07) is 12.7. The predicted octanol–water partition coefficient (Wildman–Crippen LogP) is 4.50. The molecule has 0 unspecified atom stereocenters. The van der Waals surface area contributed by atoms with Gasteiger partial charge in [0.25, 0.3) is 0 Å². The minimum atomic E-state index is 0.778. The Kier molecular flexibility index (Phi) is 5.22. The molecule has 2 aromatic carbocycles. The van der Waals surface area contributed by atoms with Crippen LogP contribution in [0.3, 0.4) is 0 Å². The van der Waals surface area contributed by atoms with Crippen molar-refractivity contribution < 1.29 is 9.47 Å². The number of rotatable bonds is 4. The number of methoxy groups -OCH3 is 2. The van der Waals surface area contributed by atoms with E-state index >= 15 is 0 Å². The molecule has 0 N–H and O–H groups in total. The summed E-state index contributed by atoms with van der Waals surface area (Å²) in [5, 5.41) is 1.02. The molecule has 1 aliphatic rings. The number of anilines is 2. The summed E-state index contributed by atoms with van der Waals surface area (Å²) in [5.74, 6) is 2.61. The van der Waals surface area contributed by atoms with Crippen LogP contribution in [-0.2, 0) is 0 Å². The number of piperazine rings is 1. The molecule has 0 bridgehead atoms. The van der Waals surface area contributed by atoms with E-state index in [4.69, 9.17) is 14.5 Å². The smallest absolute Gasteiger partial charge is 0.145 e. The molecule has 5 heteroatoms. The molecular formula is C24H29N3O2. The summed E-state index contributed by atoms with van der Waals surface area (Å²) in [7, 11) is 3.38. The molecule has 3 aromatic rings. The summed E-state index contributed by atoms with van der Waals surface area (Å²) in [4.78, 5) is 9.82. The Morgan fingerprint density at radius 3 is 2.10 bits per heavy atom. The number of aryl methyl sites for hydroxylation is 3. The topological polar surface area (TPSA) is 37.8 Å². The lowest BCUT2D eigenvalue weighted by Gasteiger charge is -2.37. The van der Waals surface area contributed by atoms with Gasteiger partial charge in [-0.15, -0.1) is 0 Å². The van der Waals surface area contributed by atoms with Crippen LogP contribution < -0.4 is 19.3 Å². The third-order valence-corrected chi connectivity index (χ3v) is 5.82. The third kappa shape index (κ3) is 3.57. The van der Waals surface area contributed by atoms with Gasteiger partial charge in [-0.25, -0.2) is 4.98 Å². The normalized spacial score (nSPS) is 14.4. The summed E-state index contributed by atoms with van der Waals surface area (Å²) in [5.41, 5.74) is 6.00. The van der Waals surface area contributed by atoms with Crippen molar-refractivity contribution in [3.8, 4) is 11.5 Å². The molecule has 0 spiro atoms. The molecule has 152 valence electrons. The van der Waals surface area contributed by atoms with E-state index in [-0.39, 0.29) is 0 Å². The fourth-order valence-electron chi connectivity index (χ4n) is 4.19. The molecule has 5 nitrogen and oxygen atoms in total. The molecule has 1 aromatic heterocycles. The Bertz CT molecular complexity index is 1040. The van der Waals surface area contributed by atoms with E-state index in [1.165, 1.54) is 16.8 Å². The van der Waals surface area contributed by atoms with E-state index in [9.17, 15) is 0 Å². The van der Waals surface area contributed by atoms with Crippen LogP contribution in [-0.4, -0.2) is 45.4 Å². The Hall–Kier alpha value is -2.95. The van der Waals surface area contributed by atoms with Crippen LogP contribution in [0.2, 0.25) is 0 Å². The van der Waals surface area contributed by atoms with Gasteiger partial charge in [-0.1, -0.05) is 12.1 Å². The van der Waals surface area contributed by atoms with E-state index in [0.717, 1.165) is 60.0 Å². The first kappa shape index (κ1) is 19.4. The molecule has 1 fully saturated rings. The van der Waals surface area contributed by atoms with Gasteiger partial charge < -0.3 is 19.3 Å². The second-order valence-corrected chi connectivity index (χ2v) is 7.76. The minimum Gasteiger partial charge on any atom is -0.496 e. The van der Waals surface area contributed by atoms with Gasteiger partial charge in [0.15, 0.2) is 0 Å². The molecule has 29 heavy (non-hydrogen) atoms. The van der Waals surface area contributed by atoms with Gasteiger partial charge in [-0.3, -0.25) is 0 Å². The lowest BCUT2D eigenvalue weighted by atomic mass is 10.1. The minimum absolute atomic E-state index is 0.778. The van der Waals surface area contributed by atoms with Gasteiger partial charge in [-0.2, -0.15) is 0 Å². The van der Waals surface area contributed by atoms with Gasteiger partial charge in [0.2, 0.25) is 0 Å². The highest BCUT2D eigenvalue weighted by molar-refractivity contribution is 5.94. The third-order valence-electron chi connectivity index (χ3n) is 5.82. The first-order chi connectivity index (χ1) is 14.0. The molecule has 2 heterocycles. The fourth-order valence-corrected chi connectivity index (χ4v) is 4.19. The SMILES string of the molecule is COc1ccc(OC)c2c(C)cc(N3CCN(c4cc(C)ccc4C)CC3)nc12. The number of nitrogens with zero attached hydrogens (tertiary/aromatic N) is 3. The van der Waals surface area contributed by atoms with Gasteiger partial charge in [0.05, 0.1) is 14.2 Å². The van der Waals surface area contributed by atoms with Crippen molar-refractivity contribution in [1.29, 1.82) is 0 Å². The first-order valence-electron chi connectivity index (χ1n) is 10.1. The van der Waals surface area contributed by atoms with E-state index in [1.54, 1.807) is 14.2 Å². The van der Waals surface area contributed by atoms with Crippen molar-refractivity contribution in [1.82, 2.24) is 4.98 Å². The number of hydrogen-bond donors (Lipinski definition) is 0. The van der Waals surface area contributed by atoms with Crippen LogP contribution >= 0.6 is 0 Å². The van der Waals surface area contributed by atoms with Gasteiger partial charge in [-0.05, 0) is 61.7 Å². The maximum atomic E-state index is 5.58. The van der Waals surface area contributed by atoms with Crippen LogP contribution in [0, 0.1) is 20.8 Å². The zero-order valence-electron chi connectivity index (χ0n) is 18.0. The average Bonchev–Trinajstić information content (AvgIpc) is 2.74. The number of fused-ring (bicyclic) bond motifs is 1. The number of ether oxygens (including phenoxy) is 2. The van der Waals surface area contributed by atoms with E-state index in [1.807, 2.05) is 12.1 Å². The maximum Gasteiger partial charge on any atom is 0.145 e. The summed E-state index contributed by atoms with van der Waals surface area (Å²) in [6.45, 7) is 10.3. The molecule has 4 rings (SSSR count). The molecule has 0 radical (unpaired) electrons. The number of benzene rings is 2. The second kappa shape index (κ2) is 7.82. The van der Waals surface area contributed by atoms with Gasteiger partial charge in [0.1, 0.15) is 22.8 Å². The van der Waals surface area contributed by atoms with Crippen molar-refractivity contribution in [2.24, 2.45) is 0 Å². The van der Waals surface area contributed by atoms with Crippen molar-refractivity contribution >= 4 is 22.4 Å². The van der Waals surface area contributed by atoms with Crippen LogP contribution in [0.5, 0.6) is 11.5 Å². The highest BCUT2D eigenvalue weighted by Gasteiger charge is 2.21. The largest absolute Gasteiger partial charge is 0.496 e. The summed E-state index contributed by atoms with van der Waals surface area (Å²) >= 11 is 0. The van der Waals surface area contributed by atoms with Crippen LogP contribution in [0.15, 0.2) is 36.4 Å². The van der Waals surface area contributed by atoms with Crippen molar-refractivity contribution in [3.05, 3.63) is 53.1 Å². The molecular weight excluding hydrogens is 362 g/mol. The standard InChI is InChI=1S/C24H29N3O2/c1-16-6-7-17(2)19(14-16)26-10-12-27(13-11-26)22-15-18(3)23-20(28-4)8-9-21(29-5)24(23)25-22/h6-9,14-15H,10-13H2,1-5H3. The zero-order chi connectivity index (χ0) is 20.5. The lowest BCUT2D eigenvalue weighted by Crippen LogP contribution is -2.47. The number of hydrogen-bond acceptors (Lipinski definition) is 5. The summed E-state index contributed by atoms with van der Waals surface area (Å²) in [6.07, 6.45) is 0. The van der Waals surface area contributed by atoms with Crippen molar-refractivity contribution in [2.45, 2.75) is 20.8 Å². The fraction of sp³-hybridized carbons (Fsp3) is 0.375. The van der Waals surface area contributed by atoms with Crippen LogP contribution in [0.1, 0.15) is 16.7 Å². The summed E-state index contributed by atoms with van der Waals surface area (Å²) < 4.78 is 11.1. The van der Waals surface area contributed by atoms with Crippen LogP contribution in [0.25, 0.3) is 10.9 Å². The highest BCUT2D eigenvalue weighted by Crippen LogP contribution is 2.36. The predicted molar refractivity (Wildman–Crippen MR) is 120 cm³/mol. The van der Waals surface area contributed by atoms with E-state index in [2.05, 4.69) is 54.8 Å². The van der Waals surface area contributed by atoms with E-state index < -0.39 is 0 Å². The first-order valence-corrected chi connectivity index (χ1v) is 10.1.